The van der Waals surface area contributed by atoms with E-state index in [0.717, 1.165) is 13.0 Å². The van der Waals surface area contributed by atoms with E-state index in [-0.39, 0.29) is 34.1 Å². The van der Waals surface area contributed by atoms with Gasteiger partial charge in [-0.1, -0.05) is 24.3 Å². The van der Waals surface area contributed by atoms with Crippen LogP contribution in [0, 0.1) is 0 Å². The van der Waals surface area contributed by atoms with Crippen molar-refractivity contribution in [3.63, 3.8) is 0 Å². The molecule has 2 aromatic carbocycles. The van der Waals surface area contributed by atoms with E-state index in [2.05, 4.69) is 0 Å². The molecule has 5 nitrogen and oxygen atoms in total. The van der Waals surface area contributed by atoms with Crippen LogP contribution in [0.2, 0.25) is 0 Å². The van der Waals surface area contributed by atoms with Crippen LogP contribution < -0.4 is 4.74 Å². The highest BCUT2D eigenvalue weighted by atomic mass is 35.5. The molecule has 0 fully saturated rings. The highest BCUT2D eigenvalue weighted by Gasteiger charge is 2.35. The average Bonchev–Trinajstić information content (AvgIpc) is 2.63. The third-order valence-corrected chi connectivity index (χ3v) is 4.65. The van der Waals surface area contributed by atoms with Gasteiger partial charge in [-0.15, -0.1) is 11.6 Å². The third kappa shape index (κ3) is 3.20. The van der Waals surface area contributed by atoms with Gasteiger partial charge in [-0.3, -0.25) is 9.59 Å². The quantitative estimate of drug-likeness (QED) is 0.530. The summed E-state index contributed by atoms with van der Waals surface area (Å²) in [6.45, 7) is 1.22. The normalized spacial score (nSPS) is 12.9. The maximum absolute atomic E-state index is 13.0. The Morgan fingerprint density at radius 1 is 1.08 bits per heavy atom. The summed E-state index contributed by atoms with van der Waals surface area (Å²) in [4.78, 5) is 27.9. The number of carbonyl (C=O) groups excluding carboxylic acids is 2. The molecule has 0 heterocycles. The topological polar surface area (TPSA) is 66.8 Å². The Morgan fingerprint density at radius 3 is 2.27 bits per heavy atom. The summed E-state index contributed by atoms with van der Waals surface area (Å²) in [5.74, 6) is -0.661. The first-order valence-electron chi connectivity index (χ1n) is 8.36. The molecule has 0 bridgehead atoms. The van der Waals surface area contributed by atoms with E-state index >= 15 is 0 Å². The molecular formula is C20H20ClNO4. The molecule has 0 amide bonds. The number of ketones is 2. The van der Waals surface area contributed by atoms with Crippen LogP contribution in [0.15, 0.2) is 30.3 Å². The minimum Gasteiger partial charge on any atom is -0.507 e. The molecule has 0 unspecified atom stereocenters. The monoisotopic (exact) mass is 373 g/mol. The van der Waals surface area contributed by atoms with Crippen LogP contribution in [0.3, 0.4) is 0 Å². The standard InChI is InChI=1S/C20H20ClNO4/c1-22(2)8-5-9-26-15-10-12(11-21)18(23)17-16(15)19(24)13-6-3-4-7-14(13)20(17)25/h3-4,6-7,10,23H,5,8-9,11H2,1-2H3. The highest BCUT2D eigenvalue weighted by Crippen LogP contribution is 2.41. The molecule has 6 heteroatoms. The number of phenols is 1. The number of alkyl halides is 1. The summed E-state index contributed by atoms with van der Waals surface area (Å²) in [6.07, 6.45) is 0.761. The second-order valence-electron chi connectivity index (χ2n) is 6.48. The summed E-state index contributed by atoms with van der Waals surface area (Å²) < 4.78 is 5.82. The molecule has 0 aliphatic heterocycles. The van der Waals surface area contributed by atoms with Crippen molar-refractivity contribution in [2.45, 2.75) is 12.3 Å². The number of phenolic OH excluding ortho intramolecular Hbond substituents is 1. The zero-order valence-corrected chi connectivity index (χ0v) is 15.5. The predicted octanol–water partition coefficient (Wildman–Crippen LogP) is 3.24. The lowest BCUT2D eigenvalue weighted by molar-refractivity contribution is 0.0972. The first-order chi connectivity index (χ1) is 12.5. The van der Waals surface area contributed by atoms with Gasteiger partial charge in [0.15, 0.2) is 11.6 Å². The van der Waals surface area contributed by atoms with Crippen LogP contribution in [0.4, 0.5) is 0 Å². The van der Waals surface area contributed by atoms with Crippen molar-refractivity contribution < 1.29 is 19.4 Å². The summed E-state index contributed by atoms with van der Waals surface area (Å²) in [5, 5.41) is 10.5. The SMILES string of the molecule is CN(C)CCCOc1cc(CCl)c(O)c2c1C(=O)c1ccccc1C2=O. The van der Waals surface area contributed by atoms with Crippen LogP contribution in [0.5, 0.6) is 11.5 Å². The number of ether oxygens (including phenoxy) is 1. The van der Waals surface area contributed by atoms with E-state index in [1.54, 1.807) is 30.3 Å². The van der Waals surface area contributed by atoms with E-state index in [1.807, 2.05) is 19.0 Å². The Balaban J connectivity index is 2.07. The molecule has 2 aromatic rings. The number of nitrogens with zero attached hydrogens (tertiary/aromatic N) is 1. The molecular weight excluding hydrogens is 354 g/mol. The van der Waals surface area contributed by atoms with Crippen molar-refractivity contribution >= 4 is 23.2 Å². The molecule has 26 heavy (non-hydrogen) atoms. The van der Waals surface area contributed by atoms with Gasteiger partial charge in [0.2, 0.25) is 0 Å². The van der Waals surface area contributed by atoms with Crippen LogP contribution in [-0.4, -0.2) is 48.8 Å². The lowest BCUT2D eigenvalue weighted by Gasteiger charge is -2.22. The van der Waals surface area contributed by atoms with E-state index in [4.69, 9.17) is 16.3 Å². The lowest BCUT2D eigenvalue weighted by atomic mass is 9.82. The van der Waals surface area contributed by atoms with Gasteiger partial charge in [0, 0.05) is 23.2 Å². The summed E-state index contributed by atoms with van der Waals surface area (Å²) >= 11 is 5.92. The van der Waals surface area contributed by atoms with Crippen LogP contribution in [-0.2, 0) is 5.88 Å². The second-order valence-corrected chi connectivity index (χ2v) is 6.74. The fourth-order valence-electron chi connectivity index (χ4n) is 3.07. The smallest absolute Gasteiger partial charge is 0.198 e. The van der Waals surface area contributed by atoms with Gasteiger partial charge in [-0.25, -0.2) is 0 Å². The molecule has 1 N–H and O–H groups in total. The van der Waals surface area contributed by atoms with E-state index in [0.29, 0.717) is 23.5 Å². The van der Waals surface area contributed by atoms with E-state index in [1.165, 1.54) is 0 Å². The van der Waals surface area contributed by atoms with Crippen LogP contribution >= 0.6 is 11.6 Å². The molecule has 0 atom stereocenters. The van der Waals surface area contributed by atoms with Gasteiger partial charge in [-0.2, -0.15) is 0 Å². The summed E-state index contributed by atoms with van der Waals surface area (Å²) in [7, 11) is 3.93. The van der Waals surface area contributed by atoms with Crippen molar-refractivity contribution in [1.82, 2.24) is 4.90 Å². The fraction of sp³-hybridized carbons (Fsp3) is 0.300. The molecule has 1 aliphatic rings. The Hall–Kier alpha value is -2.37. The van der Waals surface area contributed by atoms with Crippen molar-refractivity contribution in [3.05, 3.63) is 58.1 Å². The van der Waals surface area contributed by atoms with Gasteiger partial charge >= 0.3 is 0 Å². The maximum atomic E-state index is 13.0. The number of hydrogen-bond acceptors (Lipinski definition) is 5. The number of rotatable bonds is 6. The molecule has 0 spiro atoms. The van der Waals surface area contributed by atoms with Crippen molar-refractivity contribution in [1.29, 1.82) is 0 Å². The maximum Gasteiger partial charge on any atom is 0.198 e. The average molecular weight is 374 g/mol. The van der Waals surface area contributed by atoms with Gasteiger partial charge in [0.05, 0.1) is 23.6 Å². The van der Waals surface area contributed by atoms with Gasteiger partial charge in [0.25, 0.3) is 0 Å². The van der Waals surface area contributed by atoms with E-state index in [9.17, 15) is 14.7 Å². The number of benzene rings is 2. The summed E-state index contributed by atoms with van der Waals surface area (Å²) in [6, 6.07) is 8.15. The number of halogens is 1. The predicted molar refractivity (Wildman–Crippen MR) is 99.6 cm³/mol. The molecule has 0 saturated heterocycles. The Morgan fingerprint density at radius 2 is 1.69 bits per heavy atom. The van der Waals surface area contributed by atoms with Gasteiger partial charge in [0.1, 0.15) is 11.5 Å². The summed E-state index contributed by atoms with van der Waals surface area (Å²) in [5.41, 5.74) is 1.07. The minimum absolute atomic E-state index is 0.0102. The first-order valence-corrected chi connectivity index (χ1v) is 8.90. The van der Waals surface area contributed by atoms with Crippen molar-refractivity contribution in [3.8, 4) is 11.5 Å². The van der Waals surface area contributed by atoms with Crippen molar-refractivity contribution in [2.75, 3.05) is 27.2 Å². The number of fused-ring (bicyclic) bond motifs is 2. The fourth-order valence-corrected chi connectivity index (χ4v) is 3.28. The minimum atomic E-state index is -0.391. The molecule has 3 rings (SSSR count). The molecule has 0 aromatic heterocycles. The zero-order valence-electron chi connectivity index (χ0n) is 14.7. The highest BCUT2D eigenvalue weighted by molar-refractivity contribution is 6.30. The molecule has 0 radical (unpaired) electrons. The Bertz CT molecular complexity index is 876. The number of hydrogen-bond donors (Lipinski definition) is 1. The van der Waals surface area contributed by atoms with E-state index < -0.39 is 5.78 Å². The molecule has 0 saturated carbocycles. The largest absolute Gasteiger partial charge is 0.507 e. The molecule has 1 aliphatic carbocycles. The third-order valence-electron chi connectivity index (χ3n) is 4.36. The van der Waals surface area contributed by atoms with Crippen molar-refractivity contribution in [2.24, 2.45) is 0 Å². The second kappa shape index (κ2) is 7.48. The van der Waals surface area contributed by atoms with Gasteiger partial charge in [-0.05, 0) is 26.6 Å². The Kier molecular flexibility index (Phi) is 5.30. The number of carbonyl (C=O) groups is 2. The Labute approximate surface area is 157 Å². The van der Waals surface area contributed by atoms with Crippen LogP contribution in [0.1, 0.15) is 43.8 Å². The lowest BCUT2D eigenvalue weighted by Crippen LogP contribution is -2.23. The molecule has 136 valence electrons. The zero-order chi connectivity index (χ0) is 18.8. The van der Waals surface area contributed by atoms with Gasteiger partial charge < -0.3 is 14.7 Å². The number of aromatic hydroxyl groups is 1. The first kappa shape index (κ1) is 18.4. The van der Waals surface area contributed by atoms with Crippen LogP contribution in [0.25, 0.3) is 0 Å².